The minimum absolute atomic E-state index is 0.381. The first-order valence-corrected chi connectivity index (χ1v) is 6.81. The van der Waals surface area contributed by atoms with E-state index in [1.807, 2.05) is 0 Å². The van der Waals surface area contributed by atoms with Gasteiger partial charge in [0, 0.05) is 17.5 Å². The van der Waals surface area contributed by atoms with Crippen molar-refractivity contribution in [2.24, 2.45) is 0 Å². The van der Waals surface area contributed by atoms with Gasteiger partial charge in [-0.15, -0.1) is 0 Å². The average molecular weight is 230 g/mol. The summed E-state index contributed by atoms with van der Waals surface area (Å²) in [5.41, 5.74) is 1.87. The van der Waals surface area contributed by atoms with Crippen molar-refractivity contribution in [3.05, 3.63) is 35.9 Å². The molecule has 92 valence electrons. The Hall–Kier alpha value is -0.860. The molecule has 0 aromatic heterocycles. The summed E-state index contributed by atoms with van der Waals surface area (Å²) in [5, 5.41) is 7.26. The molecule has 0 amide bonds. The topological polar surface area (TPSA) is 24.1 Å². The summed E-state index contributed by atoms with van der Waals surface area (Å²) >= 11 is 0. The van der Waals surface area contributed by atoms with Crippen molar-refractivity contribution in [1.82, 2.24) is 10.6 Å². The van der Waals surface area contributed by atoms with E-state index in [-0.39, 0.29) is 0 Å². The molecule has 2 aliphatic rings. The van der Waals surface area contributed by atoms with Crippen LogP contribution in [0.1, 0.15) is 31.7 Å². The van der Waals surface area contributed by atoms with Gasteiger partial charge in [-0.3, -0.25) is 0 Å². The Bertz CT molecular complexity index is 370. The Balaban J connectivity index is 1.61. The molecule has 0 unspecified atom stereocenters. The Morgan fingerprint density at radius 3 is 2.59 bits per heavy atom. The SMILES string of the molecule is C[C@]1(c2ccccc2)C[C@@H]1NC1CCNCC1. The van der Waals surface area contributed by atoms with Crippen LogP contribution in [-0.4, -0.2) is 25.2 Å². The zero-order valence-electron chi connectivity index (χ0n) is 10.6. The molecule has 2 heteroatoms. The molecule has 2 atom stereocenters. The van der Waals surface area contributed by atoms with Crippen LogP contribution in [0, 0.1) is 0 Å². The van der Waals surface area contributed by atoms with Crippen LogP contribution in [0.3, 0.4) is 0 Å². The van der Waals surface area contributed by atoms with E-state index in [1.54, 1.807) is 0 Å². The zero-order chi connectivity index (χ0) is 11.7. The molecule has 17 heavy (non-hydrogen) atoms. The van der Waals surface area contributed by atoms with Crippen LogP contribution < -0.4 is 10.6 Å². The van der Waals surface area contributed by atoms with Gasteiger partial charge in [-0.1, -0.05) is 37.3 Å². The second kappa shape index (κ2) is 4.43. The third-order valence-electron chi connectivity index (χ3n) is 4.45. The van der Waals surface area contributed by atoms with Gasteiger partial charge in [0.05, 0.1) is 0 Å². The Morgan fingerprint density at radius 2 is 1.88 bits per heavy atom. The summed E-state index contributed by atoms with van der Waals surface area (Å²) in [4.78, 5) is 0. The Kier molecular flexibility index (Phi) is 2.93. The van der Waals surface area contributed by atoms with E-state index in [1.165, 1.54) is 37.9 Å². The van der Waals surface area contributed by atoms with Crippen molar-refractivity contribution in [1.29, 1.82) is 0 Å². The lowest BCUT2D eigenvalue weighted by molar-refractivity contribution is 0.376. The molecular weight excluding hydrogens is 208 g/mol. The van der Waals surface area contributed by atoms with Gasteiger partial charge in [0.25, 0.3) is 0 Å². The van der Waals surface area contributed by atoms with E-state index in [0.29, 0.717) is 11.5 Å². The molecule has 1 aliphatic carbocycles. The predicted octanol–water partition coefficient (Wildman–Crippen LogP) is 2.06. The summed E-state index contributed by atoms with van der Waals surface area (Å²) in [6.07, 6.45) is 3.85. The second-order valence-electron chi connectivity index (χ2n) is 5.73. The highest BCUT2D eigenvalue weighted by molar-refractivity contribution is 5.34. The highest BCUT2D eigenvalue weighted by atomic mass is 15.0. The summed E-state index contributed by atoms with van der Waals surface area (Å²) in [6.45, 7) is 4.74. The monoisotopic (exact) mass is 230 g/mol. The number of hydrogen-bond acceptors (Lipinski definition) is 2. The maximum absolute atomic E-state index is 3.84. The first kappa shape index (κ1) is 11.2. The quantitative estimate of drug-likeness (QED) is 0.830. The van der Waals surface area contributed by atoms with Gasteiger partial charge in [-0.2, -0.15) is 0 Å². The molecule has 2 N–H and O–H groups in total. The van der Waals surface area contributed by atoms with Crippen LogP contribution >= 0.6 is 0 Å². The van der Waals surface area contributed by atoms with Crippen LogP contribution in [0.2, 0.25) is 0 Å². The lowest BCUT2D eigenvalue weighted by Gasteiger charge is -2.25. The summed E-state index contributed by atoms with van der Waals surface area (Å²) in [7, 11) is 0. The summed E-state index contributed by atoms with van der Waals surface area (Å²) in [6, 6.07) is 12.4. The van der Waals surface area contributed by atoms with E-state index in [4.69, 9.17) is 0 Å². The van der Waals surface area contributed by atoms with Crippen LogP contribution in [0.25, 0.3) is 0 Å². The van der Waals surface area contributed by atoms with Crippen molar-refractivity contribution >= 4 is 0 Å². The Morgan fingerprint density at radius 1 is 1.18 bits per heavy atom. The molecule has 1 heterocycles. The molecule has 1 aromatic carbocycles. The highest BCUT2D eigenvalue weighted by Gasteiger charge is 2.51. The number of rotatable bonds is 3. The van der Waals surface area contributed by atoms with Crippen molar-refractivity contribution < 1.29 is 0 Å². The maximum Gasteiger partial charge on any atom is 0.0173 e. The Labute approximate surface area is 104 Å². The minimum atomic E-state index is 0.381. The highest BCUT2D eigenvalue weighted by Crippen LogP contribution is 2.48. The molecule has 1 saturated carbocycles. The van der Waals surface area contributed by atoms with E-state index in [0.717, 1.165) is 6.04 Å². The fraction of sp³-hybridized carbons (Fsp3) is 0.600. The fourth-order valence-electron chi connectivity index (χ4n) is 3.02. The number of piperidine rings is 1. The molecule has 1 saturated heterocycles. The number of hydrogen-bond donors (Lipinski definition) is 2. The molecule has 0 bridgehead atoms. The summed E-state index contributed by atoms with van der Waals surface area (Å²) < 4.78 is 0. The van der Waals surface area contributed by atoms with Gasteiger partial charge in [-0.05, 0) is 37.9 Å². The van der Waals surface area contributed by atoms with Crippen LogP contribution in [-0.2, 0) is 5.41 Å². The van der Waals surface area contributed by atoms with Crippen LogP contribution in [0.4, 0.5) is 0 Å². The third kappa shape index (κ3) is 2.24. The first-order chi connectivity index (χ1) is 8.29. The molecule has 2 fully saturated rings. The number of nitrogens with one attached hydrogen (secondary N) is 2. The lowest BCUT2D eigenvalue weighted by Crippen LogP contribution is -2.42. The molecule has 2 nitrogen and oxygen atoms in total. The van der Waals surface area contributed by atoms with Crippen LogP contribution in [0.15, 0.2) is 30.3 Å². The second-order valence-corrected chi connectivity index (χ2v) is 5.73. The summed E-state index contributed by atoms with van der Waals surface area (Å²) in [5.74, 6) is 0. The largest absolute Gasteiger partial charge is 0.317 e. The minimum Gasteiger partial charge on any atom is -0.317 e. The van der Waals surface area contributed by atoms with Crippen molar-refractivity contribution in [2.45, 2.75) is 43.7 Å². The van der Waals surface area contributed by atoms with E-state index >= 15 is 0 Å². The first-order valence-electron chi connectivity index (χ1n) is 6.81. The van der Waals surface area contributed by atoms with Gasteiger partial charge >= 0.3 is 0 Å². The van der Waals surface area contributed by atoms with Crippen molar-refractivity contribution in [3.8, 4) is 0 Å². The lowest BCUT2D eigenvalue weighted by atomic mass is 9.97. The zero-order valence-corrected chi connectivity index (χ0v) is 10.6. The molecule has 0 spiro atoms. The standard InChI is InChI=1S/C15H22N2/c1-15(12-5-3-2-4-6-12)11-14(15)17-13-7-9-16-10-8-13/h2-6,13-14,16-17H,7-11H2,1H3/t14-,15+/m0/s1. The van der Waals surface area contributed by atoms with Crippen molar-refractivity contribution in [2.75, 3.05) is 13.1 Å². The van der Waals surface area contributed by atoms with Crippen molar-refractivity contribution in [3.63, 3.8) is 0 Å². The van der Waals surface area contributed by atoms with Gasteiger partial charge < -0.3 is 10.6 Å². The van der Waals surface area contributed by atoms with Gasteiger partial charge in [0.2, 0.25) is 0 Å². The van der Waals surface area contributed by atoms with Gasteiger partial charge in [0.1, 0.15) is 0 Å². The van der Waals surface area contributed by atoms with Crippen LogP contribution in [0.5, 0.6) is 0 Å². The van der Waals surface area contributed by atoms with E-state index in [9.17, 15) is 0 Å². The predicted molar refractivity (Wildman–Crippen MR) is 71.2 cm³/mol. The third-order valence-corrected chi connectivity index (χ3v) is 4.45. The molecule has 3 rings (SSSR count). The fourth-order valence-corrected chi connectivity index (χ4v) is 3.02. The smallest absolute Gasteiger partial charge is 0.0173 e. The molecule has 1 aliphatic heterocycles. The normalized spacial score (nSPS) is 33.6. The molecule has 0 radical (unpaired) electrons. The van der Waals surface area contributed by atoms with Gasteiger partial charge in [-0.25, -0.2) is 0 Å². The molecule has 1 aromatic rings. The van der Waals surface area contributed by atoms with E-state index in [2.05, 4.69) is 47.9 Å². The molecular formula is C15H22N2. The van der Waals surface area contributed by atoms with E-state index < -0.39 is 0 Å². The average Bonchev–Trinajstić information content (AvgIpc) is 3.04. The number of benzene rings is 1. The van der Waals surface area contributed by atoms with Gasteiger partial charge in [0.15, 0.2) is 0 Å². The maximum atomic E-state index is 3.84.